The number of nitrogens with one attached hydrogen (secondary N) is 1. The van der Waals surface area contributed by atoms with Crippen LogP contribution in [-0.2, 0) is 4.79 Å². The van der Waals surface area contributed by atoms with Crippen molar-refractivity contribution >= 4 is 23.3 Å². The van der Waals surface area contributed by atoms with Gasteiger partial charge in [-0.05, 0) is 24.3 Å². The maximum atomic E-state index is 13.1. The first-order chi connectivity index (χ1) is 12.5. The van der Waals surface area contributed by atoms with Gasteiger partial charge in [-0.3, -0.25) is 5.84 Å². The molecule has 4 N–H and O–H groups in total. The Bertz CT molecular complexity index is 760. The number of anilines is 1. The largest absolute Gasteiger partial charge is 0.493 e. The number of hydrazine groups is 1. The molecule has 2 rings (SSSR count). The summed E-state index contributed by atoms with van der Waals surface area (Å²) in [6.45, 7) is 0.229. The van der Waals surface area contributed by atoms with E-state index in [-0.39, 0.29) is 10.8 Å². The molecular formula is C17H18ClFN2O5. The fraction of sp³-hybridized carbons (Fsp3) is 0.235. The molecule has 0 heterocycles. The van der Waals surface area contributed by atoms with E-state index in [1.165, 1.54) is 30.3 Å². The lowest BCUT2D eigenvalue weighted by Crippen LogP contribution is -2.11. The van der Waals surface area contributed by atoms with Crippen molar-refractivity contribution in [1.29, 1.82) is 0 Å². The van der Waals surface area contributed by atoms with Crippen molar-refractivity contribution in [1.82, 2.24) is 0 Å². The summed E-state index contributed by atoms with van der Waals surface area (Å²) in [5, 5.41) is 8.84. The first-order valence-corrected chi connectivity index (χ1v) is 8.03. The number of aliphatic carboxylic acids is 1. The second-order valence-corrected chi connectivity index (χ2v) is 5.52. The maximum absolute atomic E-state index is 13.1. The molecule has 0 fully saturated rings. The van der Waals surface area contributed by atoms with Crippen LogP contribution in [0.25, 0.3) is 0 Å². The standard InChI is InChI=1S/C17H18ClFN2O5/c18-13-9-12(3-5-15(13)26-10-17(22)23)24-6-1-7-25-16-4-2-11(19)8-14(16)21-20/h2-5,8-9,21H,1,6-7,10,20H2,(H,22,23). The molecule has 26 heavy (non-hydrogen) atoms. The van der Waals surface area contributed by atoms with Crippen LogP contribution in [0.1, 0.15) is 6.42 Å². The number of carboxylic acids is 1. The molecule has 0 bridgehead atoms. The zero-order valence-electron chi connectivity index (χ0n) is 13.7. The zero-order chi connectivity index (χ0) is 18.9. The number of hydrogen-bond acceptors (Lipinski definition) is 6. The SMILES string of the molecule is NNc1cc(F)ccc1OCCCOc1ccc(OCC(=O)O)c(Cl)c1. The van der Waals surface area contributed by atoms with Crippen LogP contribution >= 0.6 is 11.6 Å². The van der Waals surface area contributed by atoms with E-state index in [2.05, 4.69) is 5.43 Å². The van der Waals surface area contributed by atoms with Gasteiger partial charge in [-0.25, -0.2) is 9.18 Å². The third-order valence-electron chi connectivity index (χ3n) is 3.17. The van der Waals surface area contributed by atoms with Crippen molar-refractivity contribution in [3.63, 3.8) is 0 Å². The average Bonchev–Trinajstić information content (AvgIpc) is 2.61. The van der Waals surface area contributed by atoms with Gasteiger partial charge in [-0.15, -0.1) is 0 Å². The zero-order valence-corrected chi connectivity index (χ0v) is 14.5. The Morgan fingerprint density at radius 1 is 1.12 bits per heavy atom. The number of benzene rings is 2. The number of carbonyl (C=O) groups is 1. The van der Waals surface area contributed by atoms with Gasteiger partial charge in [0.25, 0.3) is 0 Å². The first kappa shape index (κ1) is 19.6. The van der Waals surface area contributed by atoms with Gasteiger partial charge in [0.15, 0.2) is 6.61 Å². The molecule has 9 heteroatoms. The summed E-state index contributed by atoms with van der Waals surface area (Å²) in [5.74, 6) is 5.04. The highest BCUT2D eigenvalue weighted by atomic mass is 35.5. The van der Waals surface area contributed by atoms with Gasteiger partial charge >= 0.3 is 5.97 Å². The molecule has 0 aliphatic heterocycles. The molecule has 140 valence electrons. The summed E-state index contributed by atoms with van der Waals surface area (Å²) in [6, 6.07) is 8.71. The van der Waals surface area contributed by atoms with E-state index in [4.69, 9.17) is 36.8 Å². The van der Waals surface area contributed by atoms with Crippen LogP contribution in [0.3, 0.4) is 0 Å². The van der Waals surface area contributed by atoms with E-state index in [1.54, 1.807) is 6.07 Å². The van der Waals surface area contributed by atoms with Gasteiger partial charge in [-0.1, -0.05) is 11.6 Å². The number of nitrogens with two attached hydrogens (primary N) is 1. The van der Waals surface area contributed by atoms with Gasteiger partial charge in [0, 0.05) is 18.6 Å². The van der Waals surface area contributed by atoms with E-state index >= 15 is 0 Å². The lowest BCUT2D eigenvalue weighted by atomic mass is 10.3. The van der Waals surface area contributed by atoms with E-state index in [1.807, 2.05) is 0 Å². The molecule has 0 radical (unpaired) electrons. The average molecular weight is 385 g/mol. The molecular weight excluding hydrogens is 367 g/mol. The molecule has 0 aliphatic carbocycles. The van der Waals surface area contributed by atoms with Gasteiger partial charge in [0.1, 0.15) is 23.1 Å². The highest BCUT2D eigenvalue weighted by Crippen LogP contribution is 2.29. The monoisotopic (exact) mass is 384 g/mol. The van der Waals surface area contributed by atoms with Crippen molar-refractivity contribution in [3.8, 4) is 17.2 Å². The molecule has 0 atom stereocenters. The van der Waals surface area contributed by atoms with Crippen molar-refractivity contribution in [3.05, 3.63) is 47.2 Å². The van der Waals surface area contributed by atoms with Crippen LogP contribution < -0.4 is 25.5 Å². The quantitative estimate of drug-likeness (QED) is 0.328. The van der Waals surface area contributed by atoms with E-state index in [9.17, 15) is 9.18 Å². The van der Waals surface area contributed by atoms with Gasteiger partial charge < -0.3 is 24.7 Å². The van der Waals surface area contributed by atoms with E-state index < -0.39 is 18.4 Å². The normalized spacial score (nSPS) is 10.3. The van der Waals surface area contributed by atoms with Crippen LogP contribution in [-0.4, -0.2) is 30.9 Å². The Labute approximate surface area is 154 Å². The fourth-order valence-corrected chi connectivity index (χ4v) is 2.22. The molecule has 0 spiro atoms. The van der Waals surface area contributed by atoms with Gasteiger partial charge in [0.05, 0.1) is 23.9 Å². The molecule has 2 aromatic rings. The molecule has 0 aromatic heterocycles. The molecule has 0 saturated carbocycles. The highest BCUT2D eigenvalue weighted by Gasteiger charge is 2.07. The van der Waals surface area contributed by atoms with Gasteiger partial charge in [-0.2, -0.15) is 0 Å². The van der Waals surface area contributed by atoms with Crippen LogP contribution in [0.2, 0.25) is 5.02 Å². The molecule has 0 aliphatic rings. The predicted molar refractivity (Wildman–Crippen MR) is 94.4 cm³/mol. The van der Waals surface area contributed by atoms with Crippen LogP contribution in [0.15, 0.2) is 36.4 Å². The van der Waals surface area contributed by atoms with Crippen LogP contribution in [0, 0.1) is 5.82 Å². The number of hydrogen-bond donors (Lipinski definition) is 3. The Morgan fingerprint density at radius 3 is 2.54 bits per heavy atom. The minimum Gasteiger partial charge on any atom is -0.493 e. The third-order valence-corrected chi connectivity index (χ3v) is 3.46. The summed E-state index contributed by atoms with van der Waals surface area (Å²) in [5.41, 5.74) is 2.73. The summed E-state index contributed by atoms with van der Waals surface area (Å²) in [4.78, 5) is 10.5. The Kier molecular flexibility index (Phi) is 7.31. The van der Waals surface area contributed by atoms with Gasteiger partial charge in [0.2, 0.25) is 0 Å². The molecule has 2 aromatic carbocycles. The van der Waals surface area contributed by atoms with E-state index in [0.717, 1.165) is 0 Å². The van der Waals surface area contributed by atoms with Crippen molar-refractivity contribution in [2.75, 3.05) is 25.2 Å². The molecule has 0 amide bonds. The topological polar surface area (TPSA) is 103 Å². The first-order valence-electron chi connectivity index (χ1n) is 7.65. The minimum atomic E-state index is -1.09. The lowest BCUT2D eigenvalue weighted by molar-refractivity contribution is -0.139. The Morgan fingerprint density at radius 2 is 1.85 bits per heavy atom. The fourth-order valence-electron chi connectivity index (χ4n) is 2.00. The smallest absolute Gasteiger partial charge is 0.341 e. The summed E-state index contributed by atoms with van der Waals surface area (Å²) in [6.07, 6.45) is 0.566. The van der Waals surface area contributed by atoms with E-state index in [0.29, 0.717) is 36.8 Å². The second kappa shape index (κ2) is 9.69. The predicted octanol–water partition coefficient (Wildman–Crippen LogP) is 3.08. The Balaban J connectivity index is 1.76. The number of nitrogen functional groups attached to an aromatic ring is 1. The van der Waals surface area contributed by atoms with Crippen LogP contribution in [0.5, 0.6) is 17.2 Å². The number of halogens is 2. The number of ether oxygens (including phenoxy) is 3. The van der Waals surface area contributed by atoms with Crippen LogP contribution in [0.4, 0.5) is 10.1 Å². The summed E-state index contributed by atoms with van der Waals surface area (Å²) in [7, 11) is 0. The highest BCUT2D eigenvalue weighted by molar-refractivity contribution is 6.32. The second-order valence-electron chi connectivity index (χ2n) is 5.11. The third kappa shape index (κ3) is 5.98. The molecule has 7 nitrogen and oxygen atoms in total. The summed E-state index contributed by atoms with van der Waals surface area (Å²) >= 11 is 6.01. The summed E-state index contributed by atoms with van der Waals surface area (Å²) < 4.78 is 29.2. The maximum Gasteiger partial charge on any atom is 0.341 e. The van der Waals surface area contributed by atoms with Crippen molar-refractivity contribution < 1.29 is 28.5 Å². The van der Waals surface area contributed by atoms with Crippen molar-refractivity contribution in [2.24, 2.45) is 5.84 Å². The van der Waals surface area contributed by atoms with Crippen molar-refractivity contribution in [2.45, 2.75) is 6.42 Å². The minimum absolute atomic E-state index is 0.255. The Hall–Kier alpha value is -2.71. The molecule has 0 unspecified atom stereocenters. The number of rotatable bonds is 10. The lowest BCUT2D eigenvalue weighted by Gasteiger charge is -2.12. The number of carboxylic acid groups (broad SMARTS) is 1. The molecule has 0 saturated heterocycles.